The Labute approximate surface area is 93.8 Å². The molecule has 1 atom stereocenters. The molecule has 0 bridgehead atoms. The van der Waals surface area contributed by atoms with E-state index in [1.165, 1.54) is 4.90 Å². The highest BCUT2D eigenvalue weighted by molar-refractivity contribution is 6.03. The fraction of sp³-hybridized carbons (Fsp3) is 0.417. The lowest BCUT2D eigenvalue weighted by Gasteiger charge is -2.16. The molecule has 2 rings (SSSR count). The van der Waals surface area contributed by atoms with Crippen LogP contribution in [0.15, 0.2) is 24.3 Å². The Hall–Kier alpha value is -1.42. The summed E-state index contributed by atoms with van der Waals surface area (Å²) in [6, 6.07) is 6.96. The molecule has 1 amide bonds. The van der Waals surface area contributed by atoms with Crippen molar-refractivity contribution < 1.29 is 13.9 Å². The number of halogens is 1. The predicted octanol–water partition coefficient (Wildman–Crippen LogP) is 2.08. The number of amides is 1. The molecule has 3 nitrogen and oxygen atoms in total. The Balaban J connectivity index is 2.17. The molecule has 0 aliphatic carbocycles. The zero-order valence-electron chi connectivity index (χ0n) is 9.15. The predicted molar refractivity (Wildman–Crippen MR) is 59.1 cm³/mol. The van der Waals surface area contributed by atoms with Crippen LogP contribution in [-0.2, 0) is 9.53 Å². The van der Waals surface area contributed by atoms with Crippen molar-refractivity contribution in [3.05, 3.63) is 29.8 Å². The van der Waals surface area contributed by atoms with E-state index in [1.807, 2.05) is 6.92 Å². The number of ether oxygens (including phenoxy) is 1. The number of carbonyl (C=O) groups is 1. The van der Waals surface area contributed by atoms with E-state index < -0.39 is 12.1 Å². The van der Waals surface area contributed by atoms with Crippen LogP contribution in [0.2, 0.25) is 0 Å². The molecule has 0 saturated carbocycles. The molecule has 1 aromatic carbocycles. The van der Waals surface area contributed by atoms with Crippen LogP contribution in [0.5, 0.6) is 0 Å². The van der Waals surface area contributed by atoms with Gasteiger partial charge in [-0.2, -0.15) is 0 Å². The highest BCUT2D eigenvalue weighted by Gasteiger charge is 2.36. The monoisotopic (exact) mass is 223 g/mol. The van der Waals surface area contributed by atoms with Crippen LogP contribution in [-0.4, -0.2) is 25.7 Å². The summed E-state index contributed by atoms with van der Waals surface area (Å²) in [5, 5.41) is 0. The summed E-state index contributed by atoms with van der Waals surface area (Å²) in [6.45, 7) is 3.33. The summed E-state index contributed by atoms with van der Waals surface area (Å²) in [4.78, 5) is 13.1. The van der Waals surface area contributed by atoms with Crippen LogP contribution in [0.1, 0.15) is 18.7 Å². The van der Waals surface area contributed by atoms with Gasteiger partial charge >= 0.3 is 0 Å². The van der Waals surface area contributed by atoms with Crippen LogP contribution in [0.4, 0.5) is 10.1 Å². The number of rotatable bonds is 4. The number of alkyl halides is 1. The smallest absolute Gasteiger partial charge is 0.266 e. The molecule has 16 heavy (non-hydrogen) atoms. The lowest BCUT2D eigenvalue weighted by molar-refractivity contribution is -0.122. The molecule has 0 saturated heterocycles. The van der Waals surface area contributed by atoms with Gasteiger partial charge in [0.25, 0.3) is 5.91 Å². The van der Waals surface area contributed by atoms with Gasteiger partial charge in [-0.15, -0.1) is 0 Å². The Morgan fingerprint density at radius 3 is 2.94 bits per heavy atom. The molecule has 1 aliphatic heterocycles. The van der Waals surface area contributed by atoms with E-state index in [2.05, 4.69) is 0 Å². The number of benzene rings is 1. The third-order valence-corrected chi connectivity index (χ3v) is 2.65. The highest BCUT2D eigenvalue weighted by Crippen LogP contribution is 2.37. The zero-order chi connectivity index (χ0) is 11.5. The molecule has 0 N–H and O–H groups in total. The molecule has 0 spiro atoms. The number of nitrogens with zero attached hydrogens (tertiary/aromatic N) is 1. The SMILES string of the molecule is CCOCCN1C(=O)C(F)c2ccccc21. The van der Waals surface area contributed by atoms with Crippen LogP contribution < -0.4 is 4.90 Å². The molecule has 0 radical (unpaired) electrons. The van der Waals surface area contributed by atoms with E-state index in [0.29, 0.717) is 31.0 Å². The van der Waals surface area contributed by atoms with Gasteiger partial charge in [0, 0.05) is 18.7 Å². The minimum absolute atomic E-state index is 0.407. The third-order valence-electron chi connectivity index (χ3n) is 2.65. The van der Waals surface area contributed by atoms with Gasteiger partial charge in [0.15, 0.2) is 0 Å². The summed E-state index contributed by atoms with van der Waals surface area (Å²) in [5.74, 6) is -0.485. The summed E-state index contributed by atoms with van der Waals surface area (Å²) in [5.41, 5.74) is 1.13. The maximum atomic E-state index is 13.6. The molecular formula is C12H14FNO2. The lowest BCUT2D eigenvalue weighted by atomic mass is 10.1. The Morgan fingerprint density at radius 2 is 2.19 bits per heavy atom. The summed E-state index contributed by atoms with van der Waals surface area (Å²) >= 11 is 0. The van der Waals surface area contributed by atoms with Crippen molar-refractivity contribution in [2.24, 2.45) is 0 Å². The number of fused-ring (bicyclic) bond motifs is 1. The Morgan fingerprint density at radius 1 is 1.44 bits per heavy atom. The fourth-order valence-electron chi connectivity index (χ4n) is 1.87. The van der Waals surface area contributed by atoms with Crippen molar-refractivity contribution >= 4 is 11.6 Å². The van der Waals surface area contributed by atoms with Gasteiger partial charge < -0.3 is 9.64 Å². The zero-order valence-corrected chi connectivity index (χ0v) is 9.15. The van der Waals surface area contributed by atoms with Crippen molar-refractivity contribution in [1.29, 1.82) is 0 Å². The molecule has 1 aromatic rings. The van der Waals surface area contributed by atoms with Crippen LogP contribution in [0.25, 0.3) is 0 Å². The maximum Gasteiger partial charge on any atom is 0.266 e. The number of hydrogen-bond donors (Lipinski definition) is 0. The molecular weight excluding hydrogens is 209 g/mol. The molecule has 0 aromatic heterocycles. The van der Waals surface area contributed by atoms with Crippen molar-refractivity contribution in [2.75, 3.05) is 24.7 Å². The van der Waals surface area contributed by atoms with Gasteiger partial charge in [0.2, 0.25) is 6.17 Å². The first kappa shape index (κ1) is 11.1. The van der Waals surface area contributed by atoms with E-state index >= 15 is 0 Å². The minimum atomic E-state index is -1.52. The van der Waals surface area contributed by atoms with E-state index in [1.54, 1.807) is 24.3 Å². The van der Waals surface area contributed by atoms with Gasteiger partial charge in [-0.3, -0.25) is 4.79 Å². The van der Waals surface area contributed by atoms with Gasteiger partial charge in [-0.1, -0.05) is 18.2 Å². The number of anilines is 1. The Bertz CT molecular complexity index is 394. The maximum absolute atomic E-state index is 13.6. The average molecular weight is 223 g/mol. The van der Waals surface area contributed by atoms with Gasteiger partial charge in [-0.25, -0.2) is 4.39 Å². The van der Waals surface area contributed by atoms with Crippen molar-refractivity contribution in [3.8, 4) is 0 Å². The molecule has 1 heterocycles. The number of carbonyl (C=O) groups excluding carboxylic acids is 1. The quantitative estimate of drug-likeness (QED) is 0.731. The first-order valence-electron chi connectivity index (χ1n) is 5.37. The van der Waals surface area contributed by atoms with Crippen molar-refractivity contribution in [3.63, 3.8) is 0 Å². The normalized spacial score (nSPS) is 19.0. The fourth-order valence-corrected chi connectivity index (χ4v) is 1.87. The largest absolute Gasteiger partial charge is 0.380 e. The van der Waals surface area contributed by atoms with Crippen LogP contribution in [0, 0.1) is 0 Å². The highest BCUT2D eigenvalue weighted by atomic mass is 19.1. The molecule has 86 valence electrons. The topological polar surface area (TPSA) is 29.5 Å². The lowest BCUT2D eigenvalue weighted by Crippen LogP contribution is -2.31. The molecule has 0 fully saturated rings. The van der Waals surface area contributed by atoms with Crippen molar-refractivity contribution in [1.82, 2.24) is 0 Å². The number of para-hydroxylation sites is 1. The van der Waals surface area contributed by atoms with Gasteiger partial charge in [-0.05, 0) is 13.0 Å². The van der Waals surface area contributed by atoms with Crippen LogP contribution >= 0.6 is 0 Å². The van der Waals surface area contributed by atoms with Crippen LogP contribution in [0.3, 0.4) is 0 Å². The summed E-state index contributed by atoms with van der Waals surface area (Å²) in [6.07, 6.45) is -1.52. The average Bonchev–Trinajstić information content (AvgIpc) is 2.55. The van der Waals surface area contributed by atoms with E-state index in [9.17, 15) is 9.18 Å². The second-order valence-electron chi connectivity index (χ2n) is 3.61. The first-order valence-corrected chi connectivity index (χ1v) is 5.37. The number of hydrogen-bond acceptors (Lipinski definition) is 2. The van der Waals surface area contributed by atoms with Gasteiger partial charge in [0.1, 0.15) is 0 Å². The van der Waals surface area contributed by atoms with Crippen molar-refractivity contribution in [2.45, 2.75) is 13.1 Å². The second-order valence-corrected chi connectivity index (χ2v) is 3.61. The van der Waals surface area contributed by atoms with E-state index in [4.69, 9.17) is 4.74 Å². The first-order chi connectivity index (χ1) is 7.75. The molecule has 1 aliphatic rings. The minimum Gasteiger partial charge on any atom is -0.380 e. The van der Waals surface area contributed by atoms with E-state index in [0.717, 1.165) is 0 Å². The molecule has 1 unspecified atom stereocenters. The standard InChI is InChI=1S/C12H14FNO2/c1-2-16-8-7-14-10-6-4-3-5-9(10)11(13)12(14)15/h3-6,11H,2,7-8H2,1H3. The van der Waals surface area contributed by atoms with Gasteiger partial charge in [0.05, 0.1) is 12.3 Å². The van der Waals surface area contributed by atoms with E-state index in [-0.39, 0.29) is 0 Å². The Kier molecular flexibility index (Phi) is 3.19. The summed E-state index contributed by atoms with van der Waals surface area (Å²) < 4.78 is 18.8. The summed E-state index contributed by atoms with van der Waals surface area (Å²) in [7, 11) is 0. The second kappa shape index (κ2) is 4.61. The third kappa shape index (κ3) is 1.80. The molecule has 4 heteroatoms.